The number of hydrogen-bond acceptors (Lipinski definition) is 3. The molecule has 3 heteroatoms. The Kier molecular flexibility index (Phi) is 7.73. The number of hydrogen-bond donors (Lipinski definition) is 1. The maximum absolute atomic E-state index is 11.2. The molecule has 1 aliphatic rings. The standard InChI is InChI=1S/C24H33NO2/c1-2-3-18-27-22-14-12-21(13-15-22)24(26)23(20-10-6-4-7-11-20)19-25-16-8-5-9-17-25/h4,6-7,10-15,23-24,26H,2-3,5,8-9,16-19H2,1H3/t23-,24+/m0/s1. The fraction of sp³-hybridized carbons (Fsp3) is 0.500. The van der Waals surface area contributed by atoms with Crippen LogP contribution in [0, 0.1) is 0 Å². The van der Waals surface area contributed by atoms with Crippen LogP contribution < -0.4 is 4.74 Å². The lowest BCUT2D eigenvalue weighted by Gasteiger charge is -2.33. The van der Waals surface area contributed by atoms with Gasteiger partial charge < -0.3 is 14.7 Å². The summed E-state index contributed by atoms with van der Waals surface area (Å²) in [6.45, 7) is 6.09. The molecule has 1 saturated heterocycles. The summed E-state index contributed by atoms with van der Waals surface area (Å²) in [5.41, 5.74) is 2.17. The number of piperidine rings is 1. The second-order valence-corrected chi connectivity index (χ2v) is 7.59. The molecule has 0 spiro atoms. The molecular formula is C24H33NO2. The number of nitrogens with zero attached hydrogens (tertiary/aromatic N) is 1. The fourth-order valence-electron chi connectivity index (χ4n) is 3.84. The van der Waals surface area contributed by atoms with Crippen LogP contribution >= 0.6 is 0 Å². The molecule has 3 nitrogen and oxygen atoms in total. The van der Waals surface area contributed by atoms with Crippen LogP contribution in [0.25, 0.3) is 0 Å². The van der Waals surface area contributed by atoms with Crippen LogP contribution in [0.2, 0.25) is 0 Å². The van der Waals surface area contributed by atoms with Gasteiger partial charge in [-0.1, -0.05) is 62.2 Å². The zero-order valence-electron chi connectivity index (χ0n) is 16.5. The first-order chi connectivity index (χ1) is 13.3. The van der Waals surface area contributed by atoms with Gasteiger partial charge in [0.1, 0.15) is 5.75 Å². The van der Waals surface area contributed by atoms with Gasteiger partial charge in [-0.15, -0.1) is 0 Å². The molecule has 0 aliphatic carbocycles. The summed E-state index contributed by atoms with van der Waals surface area (Å²) in [4.78, 5) is 2.51. The minimum Gasteiger partial charge on any atom is -0.494 e. The molecule has 0 amide bonds. The second-order valence-electron chi connectivity index (χ2n) is 7.59. The van der Waals surface area contributed by atoms with Gasteiger partial charge >= 0.3 is 0 Å². The predicted octanol–water partition coefficient (Wildman–Crippen LogP) is 5.17. The molecule has 1 N–H and O–H groups in total. The lowest BCUT2D eigenvalue weighted by molar-refractivity contribution is 0.109. The Morgan fingerprint density at radius 3 is 2.30 bits per heavy atom. The number of rotatable bonds is 9. The van der Waals surface area contributed by atoms with Gasteiger partial charge in [0, 0.05) is 12.5 Å². The molecule has 0 radical (unpaired) electrons. The van der Waals surface area contributed by atoms with Gasteiger partial charge in [0.25, 0.3) is 0 Å². The summed E-state index contributed by atoms with van der Waals surface area (Å²) in [5, 5.41) is 11.2. The van der Waals surface area contributed by atoms with Crippen LogP contribution in [0.1, 0.15) is 62.2 Å². The lowest BCUT2D eigenvalue weighted by Crippen LogP contribution is -2.35. The highest BCUT2D eigenvalue weighted by Gasteiger charge is 2.26. The highest BCUT2D eigenvalue weighted by molar-refractivity contribution is 5.32. The smallest absolute Gasteiger partial charge is 0.119 e. The van der Waals surface area contributed by atoms with Crippen molar-refractivity contribution in [3.05, 3.63) is 65.7 Å². The summed E-state index contributed by atoms with van der Waals surface area (Å²) in [6.07, 6.45) is 5.54. The minimum absolute atomic E-state index is 0.0798. The molecule has 1 aliphatic heterocycles. The first-order valence-electron chi connectivity index (χ1n) is 10.5. The third-order valence-corrected chi connectivity index (χ3v) is 5.50. The zero-order chi connectivity index (χ0) is 18.9. The van der Waals surface area contributed by atoms with E-state index in [1.807, 2.05) is 30.3 Å². The van der Waals surface area contributed by atoms with Crippen molar-refractivity contribution in [1.29, 1.82) is 0 Å². The van der Waals surface area contributed by atoms with Gasteiger partial charge in [-0.2, -0.15) is 0 Å². The monoisotopic (exact) mass is 367 g/mol. The quantitative estimate of drug-likeness (QED) is 0.621. The van der Waals surface area contributed by atoms with Gasteiger partial charge in [-0.05, 0) is 55.6 Å². The van der Waals surface area contributed by atoms with E-state index in [0.29, 0.717) is 0 Å². The molecule has 27 heavy (non-hydrogen) atoms. The van der Waals surface area contributed by atoms with E-state index in [1.165, 1.54) is 24.8 Å². The number of aliphatic hydroxyl groups excluding tert-OH is 1. The molecule has 0 unspecified atom stereocenters. The third-order valence-electron chi connectivity index (χ3n) is 5.50. The Morgan fingerprint density at radius 1 is 0.926 bits per heavy atom. The van der Waals surface area contributed by atoms with Crippen LogP contribution in [0.4, 0.5) is 0 Å². The Morgan fingerprint density at radius 2 is 1.63 bits per heavy atom. The van der Waals surface area contributed by atoms with Crippen molar-refractivity contribution in [2.24, 2.45) is 0 Å². The average Bonchev–Trinajstić information content (AvgIpc) is 2.74. The fourth-order valence-corrected chi connectivity index (χ4v) is 3.84. The number of benzene rings is 2. The molecular weight excluding hydrogens is 334 g/mol. The minimum atomic E-state index is -0.515. The number of ether oxygens (including phenoxy) is 1. The Balaban J connectivity index is 1.72. The van der Waals surface area contributed by atoms with E-state index in [4.69, 9.17) is 4.74 Å². The maximum Gasteiger partial charge on any atom is 0.119 e. The van der Waals surface area contributed by atoms with Crippen molar-refractivity contribution in [2.75, 3.05) is 26.2 Å². The maximum atomic E-state index is 11.2. The predicted molar refractivity (Wildman–Crippen MR) is 111 cm³/mol. The Bertz CT molecular complexity index is 650. The SMILES string of the molecule is CCCCOc1ccc([C@@H](O)[C@@H](CN2CCCCC2)c2ccccc2)cc1. The van der Waals surface area contributed by atoms with E-state index in [1.54, 1.807) is 0 Å². The van der Waals surface area contributed by atoms with Crippen molar-refractivity contribution in [3.63, 3.8) is 0 Å². The zero-order valence-corrected chi connectivity index (χ0v) is 16.5. The van der Waals surface area contributed by atoms with Crippen LogP contribution in [-0.2, 0) is 0 Å². The first-order valence-corrected chi connectivity index (χ1v) is 10.5. The van der Waals surface area contributed by atoms with Gasteiger partial charge in [-0.3, -0.25) is 0 Å². The summed E-state index contributed by atoms with van der Waals surface area (Å²) in [5.74, 6) is 0.961. The summed E-state index contributed by atoms with van der Waals surface area (Å²) in [6, 6.07) is 18.4. The average molecular weight is 368 g/mol. The van der Waals surface area contributed by atoms with Crippen molar-refractivity contribution < 1.29 is 9.84 Å². The molecule has 0 aromatic heterocycles. The van der Waals surface area contributed by atoms with E-state index >= 15 is 0 Å². The van der Waals surface area contributed by atoms with E-state index in [2.05, 4.69) is 36.1 Å². The van der Waals surface area contributed by atoms with Crippen LogP contribution in [0.15, 0.2) is 54.6 Å². The lowest BCUT2D eigenvalue weighted by atomic mass is 9.88. The van der Waals surface area contributed by atoms with E-state index in [-0.39, 0.29) is 5.92 Å². The normalized spacial score (nSPS) is 17.4. The first kappa shape index (κ1) is 19.9. The molecule has 0 saturated carbocycles. The summed E-state index contributed by atoms with van der Waals surface area (Å²) < 4.78 is 5.76. The van der Waals surface area contributed by atoms with Crippen molar-refractivity contribution in [1.82, 2.24) is 4.90 Å². The van der Waals surface area contributed by atoms with Crippen molar-refractivity contribution >= 4 is 0 Å². The Hall–Kier alpha value is -1.84. The molecule has 1 fully saturated rings. The number of likely N-dealkylation sites (tertiary alicyclic amines) is 1. The molecule has 2 atom stereocenters. The van der Waals surface area contributed by atoms with Crippen LogP contribution in [0.3, 0.4) is 0 Å². The molecule has 2 aromatic carbocycles. The van der Waals surface area contributed by atoms with Crippen LogP contribution in [-0.4, -0.2) is 36.2 Å². The van der Waals surface area contributed by atoms with Crippen molar-refractivity contribution in [2.45, 2.75) is 51.0 Å². The number of aliphatic hydroxyl groups is 1. The Labute approximate surface area is 164 Å². The largest absolute Gasteiger partial charge is 0.494 e. The summed E-state index contributed by atoms with van der Waals surface area (Å²) >= 11 is 0. The van der Waals surface area contributed by atoms with E-state index in [0.717, 1.165) is 50.4 Å². The van der Waals surface area contributed by atoms with Gasteiger partial charge in [0.15, 0.2) is 0 Å². The van der Waals surface area contributed by atoms with E-state index in [9.17, 15) is 5.11 Å². The van der Waals surface area contributed by atoms with Crippen LogP contribution in [0.5, 0.6) is 5.75 Å². The highest BCUT2D eigenvalue weighted by atomic mass is 16.5. The van der Waals surface area contributed by atoms with E-state index < -0.39 is 6.10 Å². The summed E-state index contributed by atoms with van der Waals surface area (Å²) in [7, 11) is 0. The van der Waals surface area contributed by atoms with Gasteiger partial charge in [-0.25, -0.2) is 0 Å². The third kappa shape index (κ3) is 5.82. The molecule has 3 rings (SSSR count). The molecule has 2 aromatic rings. The molecule has 0 bridgehead atoms. The highest BCUT2D eigenvalue weighted by Crippen LogP contribution is 2.33. The topological polar surface area (TPSA) is 32.7 Å². The second kappa shape index (κ2) is 10.5. The van der Waals surface area contributed by atoms with Crippen molar-refractivity contribution in [3.8, 4) is 5.75 Å². The molecule has 1 heterocycles. The van der Waals surface area contributed by atoms with Gasteiger partial charge in [0.05, 0.1) is 12.7 Å². The molecule has 146 valence electrons. The van der Waals surface area contributed by atoms with Gasteiger partial charge in [0.2, 0.25) is 0 Å². The number of unbranched alkanes of at least 4 members (excludes halogenated alkanes) is 1.